The van der Waals surface area contributed by atoms with Gasteiger partial charge in [-0.25, -0.2) is 0 Å². The summed E-state index contributed by atoms with van der Waals surface area (Å²) >= 11 is 0. The van der Waals surface area contributed by atoms with E-state index in [9.17, 15) is 0 Å². The monoisotopic (exact) mass is 294 g/mol. The number of nitrogens with one attached hydrogen (secondary N) is 1. The van der Waals surface area contributed by atoms with Crippen LogP contribution in [0.4, 0.5) is 0 Å². The van der Waals surface area contributed by atoms with Gasteiger partial charge in [0.2, 0.25) is 0 Å². The molecule has 1 atom stereocenters. The summed E-state index contributed by atoms with van der Waals surface area (Å²) in [6.07, 6.45) is 5.65. The molecule has 2 rings (SSSR count). The Hall–Kier alpha value is -0.840. The van der Waals surface area contributed by atoms with Crippen molar-refractivity contribution in [3.8, 4) is 0 Å². The second-order valence-corrected chi connectivity index (χ2v) is 6.54. The summed E-state index contributed by atoms with van der Waals surface area (Å²) in [6.45, 7) is 8.89. The van der Waals surface area contributed by atoms with Gasteiger partial charge in [0, 0.05) is 18.2 Å². The highest BCUT2D eigenvalue weighted by molar-refractivity contribution is 5.16. The van der Waals surface area contributed by atoms with Crippen LogP contribution in [0.25, 0.3) is 0 Å². The van der Waals surface area contributed by atoms with Crippen LogP contribution < -0.4 is 5.32 Å². The summed E-state index contributed by atoms with van der Waals surface area (Å²) in [5, 5.41) is 3.45. The maximum atomic E-state index is 5.89. The Morgan fingerprint density at radius 3 is 3.05 bits per heavy atom. The smallest absolute Gasteiger partial charge is 0.133 e. The standard InChI is InChI=1S/C17H30N2O2/c1-14(2)10-18-11-15-7-9-21-17(15)13-20-12-16-6-4-5-8-19(16)3/h7,9,14,16,18H,4-6,8,10-13H2,1-3H3. The van der Waals surface area contributed by atoms with Crippen molar-refractivity contribution in [3.05, 3.63) is 23.7 Å². The third-order valence-corrected chi connectivity index (χ3v) is 4.17. The van der Waals surface area contributed by atoms with Crippen LogP contribution in [0.3, 0.4) is 0 Å². The SMILES string of the molecule is CC(C)CNCc1ccoc1COCC1CCCCN1C. The zero-order valence-electron chi connectivity index (χ0n) is 13.7. The Morgan fingerprint density at radius 2 is 2.29 bits per heavy atom. The van der Waals surface area contributed by atoms with Gasteiger partial charge in [0.1, 0.15) is 12.4 Å². The van der Waals surface area contributed by atoms with E-state index >= 15 is 0 Å². The van der Waals surface area contributed by atoms with Crippen LogP contribution in [0.15, 0.2) is 16.7 Å². The summed E-state index contributed by atoms with van der Waals surface area (Å²) < 4.78 is 11.5. The van der Waals surface area contributed by atoms with Gasteiger partial charge >= 0.3 is 0 Å². The van der Waals surface area contributed by atoms with Crippen molar-refractivity contribution in [2.24, 2.45) is 5.92 Å². The predicted molar refractivity (Wildman–Crippen MR) is 85.2 cm³/mol. The predicted octanol–water partition coefficient (Wildman–Crippen LogP) is 3.03. The number of rotatable bonds is 8. The maximum absolute atomic E-state index is 5.89. The fourth-order valence-corrected chi connectivity index (χ4v) is 2.79. The molecule has 21 heavy (non-hydrogen) atoms. The molecule has 0 radical (unpaired) electrons. The van der Waals surface area contributed by atoms with E-state index in [1.807, 2.05) is 6.07 Å². The molecule has 1 aromatic heterocycles. The van der Waals surface area contributed by atoms with Crippen molar-refractivity contribution in [3.63, 3.8) is 0 Å². The molecule has 120 valence electrons. The van der Waals surface area contributed by atoms with Gasteiger partial charge in [0.05, 0.1) is 12.9 Å². The molecule has 1 saturated heterocycles. The fraction of sp³-hybridized carbons (Fsp3) is 0.765. The quantitative estimate of drug-likeness (QED) is 0.800. The Labute approximate surface area is 128 Å². The molecule has 1 aliphatic heterocycles. The molecule has 1 fully saturated rings. The molecule has 1 aliphatic rings. The zero-order valence-corrected chi connectivity index (χ0v) is 13.7. The average molecular weight is 294 g/mol. The van der Waals surface area contributed by atoms with Crippen molar-refractivity contribution >= 4 is 0 Å². The van der Waals surface area contributed by atoms with Gasteiger partial charge in [-0.2, -0.15) is 0 Å². The van der Waals surface area contributed by atoms with Crippen LogP contribution >= 0.6 is 0 Å². The van der Waals surface area contributed by atoms with E-state index in [1.165, 1.54) is 31.4 Å². The first-order valence-electron chi connectivity index (χ1n) is 8.20. The molecule has 4 nitrogen and oxygen atoms in total. The Morgan fingerprint density at radius 1 is 1.43 bits per heavy atom. The van der Waals surface area contributed by atoms with E-state index in [2.05, 4.69) is 31.1 Å². The third-order valence-electron chi connectivity index (χ3n) is 4.17. The number of piperidine rings is 1. The molecule has 0 aliphatic carbocycles. The molecule has 0 bridgehead atoms. The number of hydrogen-bond acceptors (Lipinski definition) is 4. The summed E-state index contributed by atoms with van der Waals surface area (Å²) in [6, 6.07) is 2.61. The van der Waals surface area contributed by atoms with Crippen LogP contribution in [0, 0.1) is 5.92 Å². The second-order valence-electron chi connectivity index (χ2n) is 6.54. The third kappa shape index (κ3) is 5.46. The van der Waals surface area contributed by atoms with E-state index < -0.39 is 0 Å². The van der Waals surface area contributed by atoms with Gasteiger partial charge in [-0.3, -0.25) is 0 Å². The Balaban J connectivity index is 1.71. The molecule has 1 unspecified atom stereocenters. The number of likely N-dealkylation sites (tertiary alicyclic amines) is 1. The van der Waals surface area contributed by atoms with Crippen molar-refractivity contribution in [2.75, 3.05) is 26.7 Å². The van der Waals surface area contributed by atoms with Gasteiger partial charge in [-0.1, -0.05) is 20.3 Å². The van der Waals surface area contributed by atoms with E-state index in [0.717, 1.165) is 25.5 Å². The molecular weight excluding hydrogens is 264 g/mol. The Kier molecular flexibility index (Phi) is 6.74. The van der Waals surface area contributed by atoms with E-state index in [-0.39, 0.29) is 0 Å². The number of nitrogens with zero attached hydrogens (tertiary/aromatic N) is 1. The molecule has 4 heteroatoms. The van der Waals surface area contributed by atoms with Crippen molar-refractivity contribution in [2.45, 2.75) is 52.3 Å². The van der Waals surface area contributed by atoms with Crippen molar-refractivity contribution < 1.29 is 9.15 Å². The van der Waals surface area contributed by atoms with E-state index in [1.54, 1.807) is 6.26 Å². The van der Waals surface area contributed by atoms with Crippen LogP contribution in [0.1, 0.15) is 44.4 Å². The zero-order chi connectivity index (χ0) is 15.1. The summed E-state index contributed by atoms with van der Waals surface area (Å²) in [5.74, 6) is 1.63. The molecule has 0 saturated carbocycles. The summed E-state index contributed by atoms with van der Waals surface area (Å²) in [7, 11) is 2.20. The molecule has 1 aromatic rings. The minimum atomic E-state index is 0.566. The Bertz CT molecular complexity index is 403. The summed E-state index contributed by atoms with van der Waals surface area (Å²) in [5.41, 5.74) is 1.22. The minimum Gasteiger partial charge on any atom is -0.467 e. The molecule has 0 amide bonds. The molecule has 0 aromatic carbocycles. The first kappa shape index (κ1) is 16.5. The van der Waals surface area contributed by atoms with Gasteiger partial charge in [0.15, 0.2) is 0 Å². The average Bonchev–Trinajstić information content (AvgIpc) is 2.88. The highest BCUT2D eigenvalue weighted by atomic mass is 16.5. The van der Waals surface area contributed by atoms with Gasteiger partial charge < -0.3 is 19.4 Å². The maximum Gasteiger partial charge on any atom is 0.133 e. The topological polar surface area (TPSA) is 37.6 Å². The largest absolute Gasteiger partial charge is 0.467 e. The fourth-order valence-electron chi connectivity index (χ4n) is 2.79. The van der Waals surface area contributed by atoms with Crippen LogP contribution in [-0.2, 0) is 17.9 Å². The first-order valence-corrected chi connectivity index (χ1v) is 8.20. The number of likely N-dealkylation sites (N-methyl/N-ethyl adjacent to an activating group) is 1. The highest BCUT2D eigenvalue weighted by Crippen LogP contribution is 2.17. The van der Waals surface area contributed by atoms with Gasteiger partial charge in [-0.15, -0.1) is 0 Å². The van der Waals surface area contributed by atoms with Crippen molar-refractivity contribution in [1.82, 2.24) is 10.2 Å². The molecule has 2 heterocycles. The van der Waals surface area contributed by atoms with Gasteiger partial charge in [0.25, 0.3) is 0 Å². The number of hydrogen-bond donors (Lipinski definition) is 1. The van der Waals surface area contributed by atoms with Crippen LogP contribution in [-0.4, -0.2) is 37.7 Å². The van der Waals surface area contributed by atoms with E-state index in [0.29, 0.717) is 18.6 Å². The van der Waals surface area contributed by atoms with Crippen molar-refractivity contribution in [1.29, 1.82) is 0 Å². The molecule has 1 N–H and O–H groups in total. The normalized spacial score (nSPS) is 20.3. The lowest BCUT2D eigenvalue weighted by Crippen LogP contribution is -2.39. The molecule has 0 spiro atoms. The molecular formula is C17H30N2O2. The lowest BCUT2D eigenvalue weighted by Gasteiger charge is -2.32. The number of furan rings is 1. The van der Waals surface area contributed by atoms with Crippen LogP contribution in [0.5, 0.6) is 0 Å². The highest BCUT2D eigenvalue weighted by Gasteiger charge is 2.19. The minimum absolute atomic E-state index is 0.566. The summed E-state index contributed by atoms with van der Waals surface area (Å²) in [4.78, 5) is 2.41. The lowest BCUT2D eigenvalue weighted by molar-refractivity contribution is 0.0370. The van der Waals surface area contributed by atoms with Gasteiger partial charge in [-0.05, 0) is 45.0 Å². The van der Waals surface area contributed by atoms with Crippen LogP contribution in [0.2, 0.25) is 0 Å². The number of ether oxygens (including phenoxy) is 1. The first-order chi connectivity index (χ1) is 10.2. The lowest BCUT2D eigenvalue weighted by atomic mass is 10.0. The van der Waals surface area contributed by atoms with E-state index in [4.69, 9.17) is 9.15 Å². The second kappa shape index (κ2) is 8.57.